The second-order valence-corrected chi connectivity index (χ2v) is 4.27. The Morgan fingerprint density at radius 1 is 1.21 bits per heavy atom. The van der Waals surface area contributed by atoms with Crippen LogP contribution in [0.1, 0.15) is 44.9 Å². The molecule has 1 saturated carbocycles. The number of hydrogen-bond acceptors (Lipinski definition) is 3. The number of ether oxygens (including phenoxy) is 2. The summed E-state index contributed by atoms with van der Waals surface area (Å²) in [4.78, 5) is 0. The van der Waals surface area contributed by atoms with Crippen LogP contribution in [0, 0.1) is 11.3 Å². The zero-order valence-corrected chi connectivity index (χ0v) is 8.50. The highest BCUT2D eigenvalue weighted by atomic mass is 16.7. The Morgan fingerprint density at radius 2 is 2.00 bits per heavy atom. The van der Waals surface area contributed by atoms with E-state index in [-0.39, 0.29) is 11.9 Å². The first kappa shape index (κ1) is 9.95. The lowest BCUT2D eigenvalue weighted by atomic mass is 9.82. The molecule has 1 aliphatic heterocycles. The predicted molar refractivity (Wildman–Crippen MR) is 51.5 cm³/mol. The molecule has 0 radical (unpaired) electrons. The smallest absolute Gasteiger partial charge is 0.171 e. The van der Waals surface area contributed by atoms with E-state index in [9.17, 15) is 0 Å². The van der Waals surface area contributed by atoms with Crippen molar-refractivity contribution in [3.63, 3.8) is 0 Å². The summed E-state index contributed by atoms with van der Waals surface area (Å²) in [5.41, 5.74) is 0.0536. The van der Waals surface area contributed by atoms with Crippen molar-refractivity contribution < 1.29 is 9.47 Å². The van der Waals surface area contributed by atoms with Gasteiger partial charge in [-0.2, -0.15) is 5.26 Å². The predicted octanol–water partition coefficient (Wildman–Crippen LogP) is 2.37. The van der Waals surface area contributed by atoms with Crippen LogP contribution >= 0.6 is 0 Å². The fourth-order valence-electron chi connectivity index (χ4n) is 2.49. The molecule has 0 aromatic heterocycles. The van der Waals surface area contributed by atoms with Gasteiger partial charge in [0, 0.05) is 0 Å². The van der Waals surface area contributed by atoms with Crippen molar-refractivity contribution >= 4 is 0 Å². The van der Waals surface area contributed by atoms with Gasteiger partial charge in [0.15, 0.2) is 6.29 Å². The summed E-state index contributed by atoms with van der Waals surface area (Å²) in [7, 11) is 0. The van der Waals surface area contributed by atoms with Crippen LogP contribution < -0.4 is 0 Å². The van der Waals surface area contributed by atoms with Gasteiger partial charge in [0.25, 0.3) is 0 Å². The van der Waals surface area contributed by atoms with E-state index in [4.69, 9.17) is 14.7 Å². The summed E-state index contributed by atoms with van der Waals surface area (Å²) in [6.45, 7) is 0.756. The van der Waals surface area contributed by atoms with Crippen LogP contribution in [-0.4, -0.2) is 18.5 Å². The van der Waals surface area contributed by atoms with E-state index in [2.05, 4.69) is 6.07 Å². The zero-order chi connectivity index (χ0) is 9.86. The number of nitrogens with zero attached hydrogens (tertiary/aromatic N) is 1. The molecule has 1 heterocycles. The van der Waals surface area contributed by atoms with E-state index in [0.717, 1.165) is 25.9 Å². The molecule has 0 N–H and O–H groups in total. The molecule has 1 spiro atoms. The average Bonchev–Trinajstić information content (AvgIpc) is 2.19. The SMILES string of the molecule is N#CCC1OCCC2(CCCCC2)O1. The summed E-state index contributed by atoms with van der Waals surface area (Å²) < 4.78 is 11.3. The van der Waals surface area contributed by atoms with E-state index in [1.54, 1.807) is 0 Å². The highest BCUT2D eigenvalue weighted by molar-refractivity contribution is 4.88. The molecule has 3 nitrogen and oxygen atoms in total. The minimum Gasteiger partial charge on any atom is -0.351 e. The second kappa shape index (κ2) is 4.29. The van der Waals surface area contributed by atoms with Crippen LogP contribution in [0.25, 0.3) is 0 Å². The first-order valence-corrected chi connectivity index (χ1v) is 5.51. The molecule has 2 rings (SSSR count). The van der Waals surface area contributed by atoms with Gasteiger partial charge in [0.2, 0.25) is 0 Å². The largest absolute Gasteiger partial charge is 0.351 e. The summed E-state index contributed by atoms with van der Waals surface area (Å²) >= 11 is 0. The molecular formula is C11H17NO2. The van der Waals surface area contributed by atoms with Gasteiger partial charge in [0.1, 0.15) is 0 Å². The lowest BCUT2D eigenvalue weighted by Crippen LogP contribution is -2.44. The average molecular weight is 195 g/mol. The Bertz CT molecular complexity index is 222. The molecule has 0 amide bonds. The second-order valence-electron chi connectivity index (χ2n) is 4.27. The van der Waals surface area contributed by atoms with Gasteiger partial charge >= 0.3 is 0 Å². The molecule has 0 aromatic rings. The first-order valence-electron chi connectivity index (χ1n) is 5.51. The van der Waals surface area contributed by atoms with Crippen LogP contribution in [0.3, 0.4) is 0 Å². The van der Waals surface area contributed by atoms with Gasteiger partial charge in [-0.15, -0.1) is 0 Å². The quantitative estimate of drug-likeness (QED) is 0.645. The molecule has 2 aliphatic rings. The molecule has 1 unspecified atom stereocenters. The maximum Gasteiger partial charge on any atom is 0.171 e. The van der Waals surface area contributed by atoms with Gasteiger partial charge in [-0.3, -0.25) is 0 Å². The van der Waals surface area contributed by atoms with Crippen molar-refractivity contribution in [3.05, 3.63) is 0 Å². The first-order chi connectivity index (χ1) is 6.85. The van der Waals surface area contributed by atoms with Gasteiger partial charge < -0.3 is 9.47 Å². The number of nitriles is 1. The van der Waals surface area contributed by atoms with Gasteiger partial charge in [-0.1, -0.05) is 19.3 Å². The molecule has 1 atom stereocenters. The summed E-state index contributed by atoms with van der Waals surface area (Å²) in [6, 6.07) is 2.11. The maximum atomic E-state index is 8.60. The van der Waals surface area contributed by atoms with Crippen LogP contribution in [0.15, 0.2) is 0 Å². The highest BCUT2D eigenvalue weighted by Gasteiger charge is 2.38. The molecule has 1 saturated heterocycles. The third-order valence-corrected chi connectivity index (χ3v) is 3.27. The van der Waals surface area contributed by atoms with Crippen molar-refractivity contribution in [2.75, 3.05) is 6.61 Å². The van der Waals surface area contributed by atoms with Crippen LogP contribution in [0.2, 0.25) is 0 Å². The lowest BCUT2D eigenvalue weighted by molar-refractivity contribution is -0.261. The molecule has 78 valence electrons. The highest BCUT2D eigenvalue weighted by Crippen LogP contribution is 2.38. The van der Waals surface area contributed by atoms with Crippen LogP contribution in [-0.2, 0) is 9.47 Å². The summed E-state index contributed by atoms with van der Waals surface area (Å²) in [6.07, 6.45) is 7.26. The third kappa shape index (κ3) is 2.08. The van der Waals surface area contributed by atoms with Gasteiger partial charge in [-0.05, 0) is 19.3 Å². The van der Waals surface area contributed by atoms with Gasteiger partial charge in [-0.25, -0.2) is 0 Å². The summed E-state index contributed by atoms with van der Waals surface area (Å²) in [5, 5.41) is 8.60. The standard InChI is InChI=1S/C11H17NO2/c12-8-4-10-13-9-7-11(14-10)5-2-1-3-6-11/h10H,1-7,9H2. The third-order valence-electron chi connectivity index (χ3n) is 3.27. The molecule has 1 aliphatic carbocycles. The Balaban J connectivity index is 1.95. The van der Waals surface area contributed by atoms with Crippen molar-refractivity contribution in [1.29, 1.82) is 5.26 Å². The van der Waals surface area contributed by atoms with E-state index < -0.39 is 0 Å². The van der Waals surface area contributed by atoms with E-state index in [1.165, 1.54) is 19.3 Å². The number of hydrogen-bond donors (Lipinski definition) is 0. The fourth-order valence-corrected chi connectivity index (χ4v) is 2.49. The van der Waals surface area contributed by atoms with E-state index in [0.29, 0.717) is 6.42 Å². The topological polar surface area (TPSA) is 42.2 Å². The van der Waals surface area contributed by atoms with E-state index in [1.807, 2.05) is 0 Å². The number of rotatable bonds is 1. The minimum absolute atomic E-state index is 0.0536. The van der Waals surface area contributed by atoms with Crippen molar-refractivity contribution in [2.45, 2.75) is 56.8 Å². The minimum atomic E-state index is -0.271. The van der Waals surface area contributed by atoms with Crippen LogP contribution in [0.5, 0.6) is 0 Å². The Labute approximate surface area is 85.0 Å². The molecule has 14 heavy (non-hydrogen) atoms. The monoisotopic (exact) mass is 195 g/mol. The maximum absolute atomic E-state index is 8.60. The van der Waals surface area contributed by atoms with Crippen molar-refractivity contribution in [2.24, 2.45) is 0 Å². The van der Waals surface area contributed by atoms with Gasteiger partial charge in [0.05, 0.1) is 24.7 Å². The Morgan fingerprint density at radius 3 is 2.71 bits per heavy atom. The Kier molecular flexibility index (Phi) is 3.05. The zero-order valence-electron chi connectivity index (χ0n) is 8.50. The molecule has 0 aromatic carbocycles. The Hall–Kier alpha value is -0.590. The van der Waals surface area contributed by atoms with Crippen LogP contribution in [0.4, 0.5) is 0 Å². The molecular weight excluding hydrogens is 178 g/mol. The molecule has 2 fully saturated rings. The van der Waals surface area contributed by atoms with Crippen molar-refractivity contribution in [1.82, 2.24) is 0 Å². The summed E-state index contributed by atoms with van der Waals surface area (Å²) in [5.74, 6) is 0. The van der Waals surface area contributed by atoms with Crippen molar-refractivity contribution in [3.8, 4) is 6.07 Å². The molecule has 0 bridgehead atoms. The fraction of sp³-hybridized carbons (Fsp3) is 0.909. The molecule has 3 heteroatoms. The van der Waals surface area contributed by atoms with E-state index >= 15 is 0 Å². The normalized spacial score (nSPS) is 31.2. The lowest BCUT2D eigenvalue weighted by Gasteiger charge is -2.43.